The van der Waals surface area contributed by atoms with Crippen LogP contribution >= 0.6 is 11.6 Å². The normalized spacial score (nSPS) is 11.0. The molecule has 0 fully saturated rings. The number of rotatable bonds is 2. The quantitative estimate of drug-likeness (QED) is 0.553. The second-order valence-corrected chi connectivity index (χ2v) is 5.26. The van der Waals surface area contributed by atoms with Crippen LogP contribution in [-0.2, 0) is 0 Å². The van der Waals surface area contributed by atoms with Gasteiger partial charge in [0, 0.05) is 22.3 Å². The number of aromatic amines is 1. The van der Waals surface area contributed by atoms with Crippen molar-refractivity contribution >= 4 is 34.0 Å². The van der Waals surface area contributed by atoms with E-state index >= 15 is 0 Å². The average molecular weight is 303 g/mol. The van der Waals surface area contributed by atoms with Gasteiger partial charge in [-0.1, -0.05) is 17.7 Å². The Bertz CT molecular complexity index is 850. The molecule has 0 aliphatic rings. The first-order valence-electron chi connectivity index (χ1n) is 6.35. The first-order valence-corrected chi connectivity index (χ1v) is 6.73. The van der Waals surface area contributed by atoms with Gasteiger partial charge in [0.05, 0.1) is 16.1 Å². The molecule has 1 heterocycles. The number of fused-ring (bicyclic) bond motifs is 1. The fourth-order valence-corrected chi connectivity index (χ4v) is 2.73. The highest BCUT2D eigenvalue weighted by Crippen LogP contribution is 2.29. The summed E-state index contributed by atoms with van der Waals surface area (Å²) in [7, 11) is 0. The number of hydrogen-bond donors (Lipinski definition) is 2. The molecule has 0 unspecified atom stereocenters. The molecule has 0 radical (unpaired) electrons. The van der Waals surface area contributed by atoms with Crippen LogP contribution in [0.25, 0.3) is 10.9 Å². The van der Waals surface area contributed by atoms with E-state index in [1.54, 1.807) is 25.1 Å². The summed E-state index contributed by atoms with van der Waals surface area (Å²) in [5, 5.41) is 0.759. The number of H-pyrrole nitrogens is 1. The number of nitrogen functional groups attached to an aromatic ring is 1. The van der Waals surface area contributed by atoms with Crippen molar-refractivity contribution in [3.05, 3.63) is 64.1 Å². The van der Waals surface area contributed by atoms with Crippen molar-refractivity contribution in [1.82, 2.24) is 4.98 Å². The summed E-state index contributed by atoms with van der Waals surface area (Å²) in [6.07, 6.45) is 0. The van der Waals surface area contributed by atoms with Gasteiger partial charge in [0.1, 0.15) is 5.82 Å². The number of ketones is 1. The van der Waals surface area contributed by atoms with Crippen molar-refractivity contribution in [1.29, 1.82) is 0 Å². The molecule has 5 heteroatoms. The first-order chi connectivity index (χ1) is 9.99. The van der Waals surface area contributed by atoms with Crippen molar-refractivity contribution < 1.29 is 9.18 Å². The van der Waals surface area contributed by atoms with Crippen LogP contribution in [0.2, 0.25) is 5.02 Å². The van der Waals surface area contributed by atoms with Crippen molar-refractivity contribution in [3.8, 4) is 0 Å². The maximum atomic E-state index is 14.0. The number of benzene rings is 2. The number of aromatic nitrogens is 1. The fourth-order valence-electron chi connectivity index (χ4n) is 2.48. The summed E-state index contributed by atoms with van der Waals surface area (Å²) in [4.78, 5) is 15.8. The van der Waals surface area contributed by atoms with E-state index in [-0.39, 0.29) is 10.6 Å². The van der Waals surface area contributed by atoms with Crippen molar-refractivity contribution in [2.45, 2.75) is 6.92 Å². The third kappa shape index (κ3) is 2.17. The predicted molar refractivity (Wildman–Crippen MR) is 82.3 cm³/mol. The van der Waals surface area contributed by atoms with Gasteiger partial charge in [0.2, 0.25) is 0 Å². The number of aryl methyl sites for hydroxylation is 1. The topological polar surface area (TPSA) is 58.9 Å². The molecule has 0 aliphatic heterocycles. The van der Waals surface area contributed by atoms with E-state index < -0.39 is 11.6 Å². The smallest absolute Gasteiger partial charge is 0.199 e. The lowest BCUT2D eigenvalue weighted by Gasteiger charge is -2.05. The van der Waals surface area contributed by atoms with E-state index in [0.29, 0.717) is 22.3 Å². The third-order valence-electron chi connectivity index (χ3n) is 3.43. The summed E-state index contributed by atoms with van der Waals surface area (Å²) < 4.78 is 14.0. The van der Waals surface area contributed by atoms with E-state index in [1.165, 1.54) is 18.2 Å². The van der Waals surface area contributed by atoms with E-state index in [4.69, 9.17) is 17.3 Å². The number of hydrogen-bond acceptors (Lipinski definition) is 2. The second-order valence-electron chi connectivity index (χ2n) is 4.86. The van der Waals surface area contributed by atoms with Crippen molar-refractivity contribution in [2.75, 3.05) is 5.73 Å². The lowest BCUT2D eigenvalue weighted by atomic mass is 9.99. The highest BCUT2D eigenvalue weighted by atomic mass is 35.5. The van der Waals surface area contributed by atoms with Crippen LogP contribution < -0.4 is 5.73 Å². The Morgan fingerprint density at radius 3 is 2.71 bits per heavy atom. The second kappa shape index (κ2) is 4.90. The van der Waals surface area contributed by atoms with Crippen LogP contribution in [0.1, 0.15) is 21.6 Å². The van der Waals surface area contributed by atoms with Gasteiger partial charge >= 0.3 is 0 Å². The number of carbonyl (C=O) groups excluding carboxylic acids is 1. The summed E-state index contributed by atoms with van der Waals surface area (Å²) in [5.74, 6) is -1.09. The Balaban J connectivity index is 2.27. The maximum absolute atomic E-state index is 14.0. The minimum Gasteiger partial charge on any atom is -0.399 e. The molecule has 0 saturated heterocycles. The molecule has 3 N–H and O–H groups in total. The van der Waals surface area contributed by atoms with Crippen LogP contribution in [-0.4, -0.2) is 10.8 Å². The number of halogens is 2. The zero-order valence-corrected chi connectivity index (χ0v) is 12.0. The number of nitrogens with one attached hydrogen (secondary N) is 1. The molecule has 106 valence electrons. The van der Waals surface area contributed by atoms with Crippen molar-refractivity contribution in [2.24, 2.45) is 0 Å². The molecule has 0 aliphatic carbocycles. The molecule has 0 spiro atoms. The highest BCUT2D eigenvalue weighted by molar-refractivity contribution is 6.35. The Morgan fingerprint density at radius 2 is 2.00 bits per heavy atom. The SMILES string of the molecule is Cc1[nH]c2ccc(N)cc2c1C(=O)c1c(F)cccc1Cl. The molecule has 0 saturated carbocycles. The Labute approximate surface area is 125 Å². The van der Waals surface area contributed by atoms with Crippen LogP contribution in [0.5, 0.6) is 0 Å². The largest absolute Gasteiger partial charge is 0.399 e. The van der Waals surface area contributed by atoms with Crippen LogP contribution in [0.3, 0.4) is 0 Å². The Hall–Kier alpha value is -2.33. The summed E-state index contributed by atoms with van der Waals surface area (Å²) >= 11 is 5.98. The summed E-state index contributed by atoms with van der Waals surface area (Å²) in [6, 6.07) is 9.41. The van der Waals surface area contributed by atoms with Gasteiger partial charge in [-0.05, 0) is 37.3 Å². The van der Waals surface area contributed by atoms with Crippen LogP contribution in [0, 0.1) is 12.7 Å². The molecule has 2 aromatic carbocycles. The summed E-state index contributed by atoms with van der Waals surface area (Å²) in [5.41, 5.74) is 8.01. The van der Waals surface area contributed by atoms with Gasteiger partial charge in [0.15, 0.2) is 5.78 Å². The van der Waals surface area contributed by atoms with Gasteiger partial charge in [0.25, 0.3) is 0 Å². The average Bonchev–Trinajstić information content (AvgIpc) is 2.73. The molecule has 0 bridgehead atoms. The van der Waals surface area contributed by atoms with Gasteiger partial charge in [-0.25, -0.2) is 4.39 Å². The molecule has 0 amide bonds. The van der Waals surface area contributed by atoms with E-state index in [0.717, 1.165) is 5.52 Å². The lowest BCUT2D eigenvalue weighted by molar-refractivity contribution is 0.103. The van der Waals surface area contributed by atoms with Crippen molar-refractivity contribution in [3.63, 3.8) is 0 Å². The summed E-state index contributed by atoms with van der Waals surface area (Å²) in [6.45, 7) is 1.76. The minimum absolute atomic E-state index is 0.0950. The number of carbonyl (C=O) groups is 1. The maximum Gasteiger partial charge on any atom is 0.199 e. The number of nitrogens with two attached hydrogens (primary N) is 1. The number of anilines is 1. The lowest BCUT2D eigenvalue weighted by Crippen LogP contribution is -2.06. The third-order valence-corrected chi connectivity index (χ3v) is 3.74. The fraction of sp³-hybridized carbons (Fsp3) is 0.0625. The molecule has 0 atom stereocenters. The molecule has 3 nitrogen and oxygen atoms in total. The van der Waals surface area contributed by atoms with E-state index in [9.17, 15) is 9.18 Å². The highest BCUT2D eigenvalue weighted by Gasteiger charge is 2.22. The minimum atomic E-state index is -0.634. The van der Waals surface area contributed by atoms with Gasteiger partial charge < -0.3 is 10.7 Å². The monoisotopic (exact) mass is 302 g/mol. The zero-order chi connectivity index (χ0) is 15.1. The zero-order valence-electron chi connectivity index (χ0n) is 11.2. The van der Waals surface area contributed by atoms with Gasteiger partial charge in [-0.3, -0.25) is 4.79 Å². The Kier molecular flexibility index (Phi) is 3.18. The molecule has 3 aromatic rings. The van der Waals surface area contributed by atoms with Crippen LogP contribution in [0.15, 0.2) is 36.4 Å². The standard InChI is InChI=1S/C16H12ClFN2O/c1-8-14(10-7-9(19)5-6-13(10)20-8)16(21)15-11(17)3-2-4-12(15)18/h2-7,20H,19H2,1H3. The molecular formula is C16H12ClFN2O. The Morgan fingerprint density at radius 1 is 1.24 bits per heavy atom. The van der Waals surface area contributed by atoms with E-state index in [2.05, 4.69) is 4.98 Å². The van der Waals surface area contributed by atoms with Gasteiger partial charge in [-0.15, -0.1) is 0 Å². The van der Waals surface area contributed by atoms with Crippen LogP contribution in [0.4, 0.5) is 10.1 Å². The van der Waals surface area contributed by atoms with Gasteiger partial charge in [-0.2, -0.15) is 0 Å². The predicted octanol–water partition coefficient (Wildman–Crippen LogP) is 4.08. The molecular weight excluding hydrogens is 291 g/mol. The molecule has 3 rings (SSSR count). The first kappa shape index (κ1) is 13.6. The van der Waals surface area contributed by atoms with E-state index in [1.807, 2.05) is 0 Å². The molecule has 21 heavy (non-hydrogen) atoms. The molecule has 1 aromatic heterocycles.